The zero-order chi connectivity index (χ0) is 8.23. The average Bonchev–Trinajstić information content (AvgIpc) is 2.48. The van der Waals surface area contributed by atoms with E-state index in [0.29, 0.717) is 0 Å². The lowest BCUT2D eigenvalue weighted by atomic mass is 10.0. The second-order valence-electron chi connectivity index (χ2n) is 3.95. The van der Waals surface area contributed by atoms with E-state index in [-0.39, 0.29) is 0 Å². The zero-order valence-electron chi connectivity index (χ0n) is 7.81. The van der Waals surface area contributed by atoms with E-state index in [0.717, 1.165) is 0 Å². The molecule has 0 heteroatoms. The maximum atomic E-state index is 2.49. The lowest BCUT2D eigenvalue weighted by Crippen LogP contribution is -1.85. The van der Waals surface area contributed by atoms with Crippen LogP contribution in [0.25, 0.3) is 0 Å². The Morgan fingerprint density at radius 1 is 0.667 bits per heavy atom. The van der Waals surface area contributed by atoms with Crippen molar-refractivity contribution in [2.45, 2.75) is 51.4 Å². The lowest BCUT2D eigenvalue weighted by Gasteiger charge is -2.05. The molecule has 0 amide bonds. The van der Waals surface area contributed by atoms with E-state index in [9.17, 15) is 0 Å². The second-order valence-corrected chi connectivity index (χ2v) is 3.95. The fourth-order valence-corrected chi connectivity index (χ4v) is 2.27. The van der Waals surface area contributed by atoms with Crippen LogP contribution in [0.15, 0.2) is 23.3 Å². The van der Waals surface area contributed by atoms with E-state index in [1.807, 2.05) is 0 Å². The summed E-state index contributed by atoms with van der Waals surface area (Å²) in [5.74, 6) is 0. The maximum absolute atomic E-state index is 2.49. The molecule has 0 bridgehead atoms. The van der Waals surface area contributed by atoms with E-state index in [1.165, 1.54) is 51.4 Å². The summed E-state index contributed by atoms with van der Waals surface area (Å²) >= 11 is 0. The summed E-state index contributed by atoms with van der Waals surface area (Å²) in [6.45, 7) is 0. The first-order valence-corrected chi connectivity index (χ1v) is 5.35. The van der Waals surface area contributed by atoms with Crippen LogP contribution in [0.2, 0.25) is 0 Å². The van der Waals surface area contributed by atoms with Crippen molar-refractivity contribution in [1.82, 2.24) is 0 Å². The molecular weight excluding hydrogens is 144 g/mol. The monoisotopic (exact) mass is 162 g/mol. The molecule has 0 nitrogen and oxygen atoms in total. The van der Waals surface area contributed by atoms with Gasteiger partial charge in [0.15, 0.2) is 0 Å². The molecular formula is C12H18. The number of rotatable bonds is 1. The third-order valence-corrected chi connectivity index (χ3v) is 2.99. The summed E-state index contributed by atoms with van der Waals surface area (Å²) in [5.41, 5.74) is 3.36. The Labute approximate surface area is 75.4 Å². The third-order valence-electron chi connectivity index (χ3n) is 2.99. The number of hydrogen-bond donors (Lipinski definition) is 0. The van der Waals surface area contributed by atoms with Gasteiger partial charge in [-0.1, -0.05) is 18.6 Å². The van der Waals surface area contributed by atoms with Gasteiger partial charge < -0.3 is 0 Å². The highest BCUT2D eigenvalue weighted by atomic mass is 14.2. The van der Waals surface area contributed by atoms with Gasteiger partial charge in [-0.3, -0.25) is 0 Å². The van der Waals surface area contributed by atoms with Crippen LogP contribution in [0.1, 0.15) is 51.4 Å². The maximum Gasteiger partial charge on any atom is -0.0276 e. The molecule has 0 spiro atoms. The quantitative estimate of drug-likeness (QED) is 0.547. The Morgan fingerprint density at radius 3 is 2.00 bits per heavy atom. The van der Waals surface area contributed by atoms with Gasteiger partial charge in [0.1, 0.15) is 0 Å². The zero-order valence-corrected chi connectivity index (χ0v) is 7.81. The van der Waals surface area contributed by atoms with Gasteiger partial charge in [0.25, 0.3) is 0 Å². The lowest BCUT2D eigenvalue weighted by molar-refractivity contribution is 0.711. The fraction of sp³-hybridized carbons (Fsp3) is 0.667. The van der Waals surface area contributed by atoms with E-state index >= 15 is 0 Å². The van der Waals surface area contributed by atoms with Gasteiger partial charge in [-0.15, -0.1) is 0 Å². The Bertz CT molecular complexity index is 208. The van der Waals surface area contributed by atoms with Crippen molar-refractivity contribution in [3.8, 4) is 0 Å². The molecule has 2 rings (SSSR count). The smallest absolute Gasteiger partial charge is 0.0276 e. The van der Waals surface area contributed by atoms with Crippen LogP contribution >= 0.6 is 0 Å². The summed E-state index contributed by atoms with van der Waals surface area (Å²) in [5, 5.41) is 0. The normalized spacial score (nSPS) is 24.7. The van der Waals surface area contributed by atoms with Crippen molar-refractivity contribution in [3.05, 3.63) is 23.3 Å². The molecule has 0 aliphatic heterocycles. The first kappa shape index (κ1) is 8.10. The van der Waals surface area contributed by atoms with Crippen LogP contribution < -0.4 is 0 Å². The van der Waals surface area contributed by atoms with Crippen molar-refractivity contribution in [3.63, 3.8) is 0 Å². The standard InChI is InChI=1S/C12H18/c1-2-4-8-11(7-3-1)12-9-5-6-10-12/h7,9H,1-6,8,10H2. The minimum absolute atomic E-state index is 1.33. The van der Waals surface area contributed by atoms with Crippen LogP contribution in [0.4, 0.5) is 0 Å². The van der Waals surface area contributed by atoms with Crippen LogP contribution in [0.5, 0.6) is 0 Å². The van der Waals surface area contributed by atoms with Gasteiger partial charge >= 0.3 is 0 Å². The predicted molar refractivity (Wildman–Crippen MR) is 53.1 cm³/mol. The van der Waals surface area contributed by atoms with Crippen LogP contribution in [0.3, 0.4) is 0 Å². The first-order valence-electron chi connectivity index (χ1n) is 5.35. The number of allylic oxidation sites excluding steroid dienone is 4. The molecule has 66 valence electrons. The topological polar surface area (TPSA) is 0 Å². The highest BCUT2D eigenvalue weighted by Crippen LogP contribution is 2.30. The molecule has 12 heavy (non-hydrogen) atoms. The Balaban J connectivity index is 2.04. The molecule has 0 N–H and O–H groups in total. The summed E-state index contributed by atoms with van der Waals surface area (Å²) < 4.78 is 0. The van der Waals surface area contributed by atoms with E-state index < -0.39 is 0 Å². The number of hydrogen-bond acceptors (Lipinski definition) is 0. The highest BCUT2D eigenvalue weighted by molar-refractivity contribution is 5.33. The van der Waals surface area contributed by atoms with Gasteiger partial charge in [0.2, 0.25) is 0 Å². The van der Waals surface area contributed by atoms with Crippen LogP contribution in [0, 0.1) is 0 Å². The van der Waals surface area contributed by atoms with Crippen molar-refractivity contribution in [2.24, 2.45) is 0 Å². The molecule has 0 atom stereocenters. The van der Waals surface area contributed by atoms with Crippen molar-refractivity contribution in [1.29, 1.82) is 0 Å². The molecule has 2 aliphatic rings. The summed E-state index contributed by atoms with van der Waals surface area (Å²) in [4.78, 5) is 0. The molecule has 0 fully saturated rings. The fourth-order valence-electron chi connectivity index (χ4n) is 2.27. The summed E-state index contributed by atoms with van der Waals surface area (Å²) in [6.07, 6.45) is 16.0. The molecule has 0 aromatic carbocycles. The molecule has 0 aromatic rings. The van der Waals surface area contributed by atoms with Gasteiger partial charge in [-0.2, -0.15) is 0 Å². The molecule has 0 saturated heterocycles. The highest BCUT2D eigenvalue weighted by Gasteiger charge is 2.10. The first-order chi connectivity index (χ1) is 5.97. The van der Waals surface area contributed by atoms with Gasteiger partial charge in [0.05, 0.1) is 0 Å². The van der Waals surface area contributed by atoms with Gasteiger partial charge in [-0.25, -0.2) is 0 Å². The van der Waals surface area contributed by atoms with Crippen molar-refractivity contribution < 1.29 is 0 Å². The summed E-state index contributed by atoms with van der Waals surface area (Å²) in [6, 6.07) is 0. The molecule has 2 aliphatic carbocycles. The minimum atomic E-state index is 1.33. The SMILES string of the molecule is C1=C(C2=CCCCCC2)CCC1. The average molecular weight is 162 g/mol. The second kappa shape index (κ2) is 3.93. The molecule has 0 saturated carbocycles. The largest absolute Gasteiger partial charge is 0.0811 e. The van der Waals surface area contributed by atoms with Crippen molar-refractivity contribution in [2.75, 3.05) is 0 Å². The molecule has 0 aromatic heterocycles. The van der Waals surface area contributed by atoms with Crippen LogP contribution in [-0.2, 0) is 0 Å². The van der Waals surface area contributed by atoms with Crippen LogP contribution in [-0.4, -0.2) is 0 Å². The Hall–Kier alpha value is -0.520. The third kappa shape index (κ3) is 1.80. The Morgan fingerprint density at radius 2 is 1.33 bits per heavy atom. The van der Waals surface area contributed by atoms with E-state index in [2.05, 4.69) is 12.2 Å². The van der Waals surface area contributed by atoms with Gasteiger partial charge in [-0.05, 0) is 56.1 Å². The predicted octanol–water partition coefficient (Wildman–Crippen LogP) is 3.99. The van der Waals surface area contributed by atoms with E-state index in [1.54, 1.807) is 11.1 Å². The van der Waals surface area contributed by atoms with Gasteiger partial charge in [0, 0.05) is 0 Å². The minimum Gasteiger partial charge on any atom is -0.0811 e. The molecule has 0 unspecified atom stereocenters. The molecule has 0 heterocycles. The Kier molecular flexibility index (Phi) is 2.65. The summed E-state index contributed by atoms with van der Waals surface area (Å²) in [7, 11) is 0. The van der Waals surface area contributed by atoms with E-state index in [4.69, 9.17) is 0 Å². The van der Waals surface area contributed by atoms with Crippen molar-refractivity contribution >= 4 is 0 Å². The molecule has 0 radical (unpaired) electrons.